The Morgan fingerprint density at radius 2 is 2.12 bits per heavy atom. The van der Waals surface area contributed by atoms with Gasteiger partial charge in [0.25, 0.3) is 0 Å². The maximum Gasteiger partial charge on any atom is 0.0928 e. The molecule has 0 unspecified atom stereocenters. The molecule has 0 atom stereocenters. The number of unbranched alkanes of at least 4 members (excludes halogenated alkanes) is 1. The van der Waals surface area contributed by atoms with E-state index in [1.165, 1.54) is 42.9 Å². The van der Waals surface area contributed by atoms with Crippen molar-refractivity contribution in [3.8, 4) is 0 Å². The van der Waals surface area contributed by atoms with Crippen molar-refractivity contribution >= 4 is 11.3 Å². The molecule has 2 nitrogen and oxygen atoms in total. The fourth-order valence-electron chi connectivity index (χ4n) is 1.77. The van der Waals surface area contributed by atoms with Gasteiger partial charge in [-0.3, -0.25) is 0 Å². The molecule has 0 bridgehead atoms. The van der Waals surface area contributed by atoms with Crippen molar-refractivity contribution in [2.45, 2.75) is 64.3 Å². The number of nitrogens with zero attached hydrogens (tertiary/aromatic N) is 1. The third-order valence-electron chi connectivity index (χ3n) is 3.15. The van der Waals surface area contributed by atoms with Gasteiger partial charge in [0.1, 0.15) is 0 Å². The number of nitrogens with one attached hydrogen (secondary N) is 1. The lowest BCUT2D eigenvalue weighted by atomic mass is 9.93. The van der Waals surface area contributed by atoms with Gasteiger partial charge in [0.15, 0.2) is 0 Å². The SMILES string of the molecule is CC(C)(C)c1csc(CCCCNC2CC2)n1. The molecule has 1 N–H and O–H groups in total. The highest BCUT2D eigenvalue weighted by molar-refractivity contribution is 7.09. The average molecular weight is 252 g/mol. The largest absolute Gasteiger partial charge is 0.314 e. The van der Waals surface area contributed by atoms with Crippen molar-refractivity contribution in [1.82, 2.24) is 10.3 Å². The van der Waals surface area contributed by atoms with Crippen molar-refractivity contribution in [1.29, 1.82) is 0 Å². The van der Waals surface area contributed by atoms with Crippen LogP contribution in [0, 0.1) is 0 Å². The summed E-state index contributed by atoms with van der Waals surface area (Å²) < 4.78 is 0. The lowest BCUT2D eigenvalue weighted by Crippen LogP contribution is -2.17. The first-order chi connectivity index (χ1) is 8.05. The molecule has 3 heteroatoms. The monoisotopic (exact) mass is 252 g/mol. The number of thiazole rings is 1. The van der Waals surface area contributed by atoms with Gasteiger partial charge in [-0.15, -0.1) is 11.3 Å². The highest BCUT2D eigenvalue weighted by Gasteiger charge is 2.19. The van der Waals surface area contributed by atoms with Crippen LogP contribution in [0.5, 0.6) is 0 Å². The van der Waals surface area contributed by atoms with Crippen molar-refractivity contribution < 1.29 is 0 Å². The fraction of sp³-hybridized carbons (Fsp3) is 0.786. The van der Waals surface area contributed by atoms with E-state index in [0.717, 1.165) is 12.5 Å². The second-order valence-electron chi connectivity index (χ2n) is 6.06. The summed E-state index contributed by atoms with van der Waals surface area (Å²) in [4.78, 5) is 4.72. The molecule has 1 saturated carbocycles. The van der Waals surface area contributed by atoms with Crippen LogP contribution in [-0.2, 0) is 11.8 Å². The molecule has 0 saturated heterocycles. The molecule has 0 radical (unpaired) electrons. The van der Waals surface area contributed by atoms with Crippen LogP contribution >= 0.6 is 11.3 Å². The Hall–Kier alpha value is -0.410. The van der Waals surface area contributed by atoms with Crippen LogP contribution < -0.4 is 5.32 Å². The zero-order valence-corrected chi connectivity index (χ0v) is 12.1. The summed E-state index contributed by atoms with van der Waals surface area (Å²) in [7, 11) is 0. The Labute approximate surface area is 109 Å². The predicted molar refractivity (Wildman–Crippen MR) is 74.8 cm³/mol. The van der Waals surface area contributed by atoms with Gasteiger partial charge in [-0.05, 0) is 38.6 Å². The number of rotatable bonds is 6. The van der Waals surface area contributed by atoms with Crippen LogP contribution in [0.1, 0.15) is 57.2 Å². The zero-order valence-electron chi connectivity index (χ0n) is 11.3. The topological polar surface area (TPSA) is 24.9 Å². The molecule has 1 aromatic heterocycles. The Balaban J connectivity index is 1.66. The van der Waals surface area contributed by atoms with Gasteiger partial charge >= 0.3 is 0 Å². The van der Waals surface area contributed by atoms with Crippen LogP contribution in [0.2, 0.25) is 0 Å². The third-order valence-corrected chi connectivity index (χ3v) is 4.06. The first-order valence-corrected chi connectivity index (χ1v) is 7.62. The fourth-order valence-corrected chi connectivity index (χ4v) is 2.83. The van der Waals surface area contributed by atoms with Crippen LogP contribution in [-0.4, -0.2) is 17.6 Å². The number of hydrogen-bond donors (Lipinski definition) is 1. The zero-order chi connectivity index (χ0) is 12.3. The van der Waals surface area contributed by atoms with E-state index in [2.05, 4.69) is 31.5 Å². The Bertz CT molecular complexity index is 347. The lowest BCUT2D eigenvalue weighted by molar-refractivity contribution is 0.568. The minimum atomic E-state index is 0.197. The van der Waals surface area contributed by atoms with Gasteiger partial charge in [0.2, 0.25) is 0 Å². The molecule has 2 rings (SSSR count). The van der Waals surface area contributed by atoms with Crippen molar-refractivity contribution in [2.24, 2.45) is 0 Å². The quantitative estimate of drug-likeness (QED) is 0.784. The predicted octanol–water partition coefficient (Wildman–Crippen LogP) is 3.52. The highest BCUT2D eigenvalue weighted by Crippen LogP contribution is 2.24. The molecular weight excluding hydrogens is 228 g/mol. The number of hydrogen-bond acceptors (Lipinski definition) is 3. The number of aromatic nitrogens is 1. The van der Waals surface area contributed by atoms with Crippen molar-refractivity contribution in [3.05, 3.63) is 16.1 Å². The summed E-state index contributed by atoms with van der Waals surface area (Å²) >= 11 is 1.82. The molecule has 1 aliphatic rings. The molecule has 1 aliphatic carbocycles. The molecule has 0 amide bonds. The smallest absolute Gasteiger partial charge is 0.0928 e. The van der Waals surface area contributed by atoms with E-state index in [9.17, 15) is 0 Å². The minimum absolute atomic E-state index is 0.197. The minimum Gasteiger partial charge on any atom is -0.314 e. The van der Waals surface area contributed by atoms with Gasteiger partial charge in [0, 0.05) is 16.8 Å². The van der Waals surface area contributed by atoms with E-state index >= 15 is 0 Å². The molecule has 1 heterocycles. The maximum absolute atomic E-state index is 4.72. The summed E-state index contributed by atoms with van der Waals surface area (Å²) in [6.45, 7) is 7.87. The molecule has 96 valence electrons. The summed E-state index contributed by atoms with van der Waals surface area (Å²) in [5.74, 6) is 0. The Morgan fingerprint density at radius 3 is 2.71 bits per heavy atom. The van der Waals surface area contributed by atoms with E-state index in [0.29, 0.717) is 0 Å². The molecule has 1 fully saturated rings. The van der Waals surface area contributed by atoms with E-state index in [1.807, 2.05) is 11.3 Å². The normalized spacial score (nSPS) is 16.4. The van der Waals surface area contributed by atoms with E-state index < -0.39 is 0 Å². The molecule has 17 heavy (non-hydrogen) atoms. The Kier molecular flexibility index (Phi) is 4.21. The van der Waals surface area contributed by atoms with E-state index in [-0.39, 0.29) is 5.41 Å². The van der Waals surface area contributed by atoms with Crippen molar-refractivity contribution in [2.75, 3.05) is 6.54 Å². The molecule has 0 spiro atoms. The van der Waals surface area contributed by atoms with Gasteiger partial charge < -0.3 is 5.32 Å². The van der Waals surface area contributed by atoms with Gasteiger partial charge in [-0.25, -0.2) is 4.98 Å². The van der Waals surface area contributed by atoms with Crippen LogP contribution in [0.15, 0.2) is 5.38 Å². The molecule has 1 aromatic rings. The van der Waals surface area contributed by atoms with Crippen LogP contribution in [0.4, 0.5) is 0 Å². The third kappa shape index (κ3) is 4.40. The highest BCUT2D eigenvalue weighted by atomic mass is 32.1. The maximum atomic E-state index is 4.72. The molecule has 0 aliphatic heterocycles. The van der Waals surface area contributed by atoms with Crippen LogP contribution in [0.25, 0.3) is 0 Å². The second kappa shape index (κ2) is 5.49. The van der Waals surface area contributed by atoms with E-state index in [4.69, 9.17) is 4.98 Å². The van der Waals surface area contributed by atoms with Gasteiger partial charge in [-0.2, -0.15) is 0 Å². The summed E-state index contributed by atoms with van der Waals surface area (Å²) in [6, 6.07) is 0.849. The molecule has 0 aromatic carbocycles. The first kappa shape index (κ1) is 13.0. The Morgan fingerprint density at radius 1 is 1.35 bits per heavy atom. The van der Waals surface area contributed by atoms with Gasteiger partial charge in [0.05, 0.1) is 10.7 Å². The second-order valence-corrected chi connectivity index (χ2v) is 7.00. The standard InChI is InChI=1S/C14H24N2S/c1-14(2,3)12-10-17-13(16-12)6-4-5-9-15-11-7-8-11/h10-11,15H,4-9H2,1-3H3. The van der Waals surface area contributed by atoms with Crippen LogP contribution in [0.3, 0.4) is 0 Å². The summed E-state index contributed by atoms with van der Waals surface area (Å²) in [5, 5.41) is 7.08. The average Bonchev–Trinajstić information content (AvgIpc) is 2.92. The number of aryl methyl sites for hydroxylation is 1. The van der Waals surface area contributed by atoms with Crippen molar-refractivity contribution in [3.63, 3.8) is 0 Å². The molecular formula is C14H24N2S. The van der Waals surface area contributed by atoms with E-state index in [1.54, 1.807) is 0 Å². The van der Waals surface area contributed by atoms with Gasteiger partial charge in [-0.1, -0.05) is 20.8 Å². The lowest BCUT2D eigenvalue weighted by Gasteiger charge is -2.14. The summed E-state index contributed by atoms with van der Waals surface area (Å²) in [6.07, 6.45) is 6.47. The first-order valence-electron chi connectivity index (χ1n) is 6.74. The summed E-state index contributed by atoms with van der Waals surface area (Å²) in [5.41, 5.74) is 1.44.